The summed E-state index contributed by atoms with van der Waals surface area (Å²) in [6.45, 7) is 1.92. The van der Waals surface area contributed by atoms with E-state index in [2.05, 4.69) is 10.4 Å². The van der Waals surface area contributed by atoms with E-state index in [4.69, 9.17) is 5.26 Å². The lowest BCUT2D eigenvalue weighted by atomic mass is 10.2. The third-order valence-corrected chi connectivity index (χ3v) is 2.79. The molecule has 0 aliphatic carbocycles. The van der Waals surface area contributed by atoms with E-state index in [0.717, 1.165) is 4.68 Å². The minimum absolute atomic E-state index is 0.204. The van der Waals surface area contributed by atoms with Crippen molar-refractivity contribution >= 4 is 5.91 Å². The van der Waals surface area contributed by atoms with E-state index in [1.54, 1.807) is 6.92 Å². The first-order chi connectivity index (χ1) is 10.4. The van der Waals surface area contributed by atoms with Gasteiger partial charge in [-0.3, -0.25) is 4.79 Å². The van der Waals surface area contributed by atoms with Crippen molar-refractivity contribution in [2.24, 2.45) is 0 Å². The third kappa shape index (κ3) is 3.09. The molecule has 0 aliphatic heterocycles. The lowest BCUT2D eigenvalue weighted by Gasteiger charge is -2.07. The van der Waals surface area contributed by atoms with Crippen LogP contribution in [-0.2, 0) is 6.18 Å². The van der Waals surface area contributed by atoms with Crippen LogP contribution in [0.25, 0.3) is 5.69 Å². The van der Waals surface area contributed by atoms with Gasteiger partial charge in [0.15, 0.2) is 5.69 Å². The van der Waals surface area contributed by atoms with Crippen molar-refractivity contribution in [1.29, 1.82) is 5.26 Å². The van der Waals surface area contributed by atoms with E-state index >= 15 is 0 Å². The molecule has 0 atom stereocenters. The Bertz CT molecular complexity index is 743. The second kappa shape index (κ2) is 5.89. The summed E-state index contributed by atoms with van der Waals surface area (Å²) >= 11 is 0. The van der Waals surface area contributed by atoms with Crippen LogP contribution in [0.15, 0.2) is 30.3 Å². The molecule has 0 aliphatic rings. The van der Waals surface area contributed by atoms with Crippen molar-refractivity contribution in [1.82, 2.24) is 15.1 Å². The van der Waals surface area contributed by atoms with Crippen LogP contribution in [0, 0.1) is 11.3 Å². The van der Waals surface area contributed by atoms with Gasteiger partial charge < -0.3 is 5.32 Å². The highest BCUT2D eigenvalue weighted by molar-refractivity contribution is 5.93. The number of aromatic nitrogens is 2. The quantitative estimate of drug-likeness (QED) is 0.947. The first kappa shape index (κ1) is 15.6. The molecule has 1 aromatic carbocycles. The number of alkyl halides is 3. The van der Waals surface area contributed by atoms with Crippen LogP contribution in [0.4, 0.5) is 13.2 Å². The van der Waals surface area contributed by atoms with Crippen molar-refractivity contribution < 1.29 is 18.0 Å². The number of benzene rings is 1. The number of halogens is 3. The van der Waals surface area contributed by atoms with E-state index in [9.17, 15) is 18.0 Å². The predicted molar refractivity (Wildman–Crippen MR) is 71.3 cm³/mol. The summed E-state index contributed by atoms with van der Waals surface area (Å²) in [5.41, 5.74) is -0.959. The monoisotopic (exact) mass is 308 g/mol. The molecule has 8 heteroatoms. The van der Waals surface area contributed by atoms with E-state index in [1.807, 2.05) is 6.07 Å². The van der Waals surface area contributed by atoms with Gasteiger partial charge >= 0.3 is 6.18 Å². The molecule has 0 radical (unpaired) electrons. The standard InChI is InChI=1S/C14H11F3N4O/c1-2-19-13(22)11-7-12(14(15,16)17)20-21(11)10-5-3-4-9(6-10)8-18/h3-7H,2H2,1H3,(H,19,22). The normalized spacial score (nSPS) is 11.0. The van der Waals surface area contributed by atoms with Crippen molar-refractivity contribution in [3.8, 4) is 11.8 Å². The van der Waals surface area contributed by atoms with Gasteiger partial charge in [-0.2, -0.15) is 23.5 Å². The smallest absolute Gasteiger partial charge is 0.351 e. The number of carbonyl (C=O) groups excluding carboxylic acids is 1. The highest BCUT2D eigenvalue weighted by Gasteiger charge is 2.36. The lowest BCUT2D eigenvalue weighted by Crippen LogP contribution is -2.25. The minimum Gasteiger partial charge on any atom is -0.351 e. The zero-order valence-corrected chi connectivity index (χ0v) is 11.5. The Kier molecular flexibility index (Phi) is 4.17. The summed E-state index contributed by atoms with van der Waals surface area (Å²) in [6.07, 6.45) is -4.67. The zero-order valence-electron chi connectivity index (χ0n) is 11.5. The van der Waals surface area contributed by atoms with E-state index in [-0.39, 0.29) is 23.5 Å². The lowest BCUT2D eigenvalue weighted by molar-refractivity contribution is -0.141. The highest BCUT2D eigenvalue weighted by Crippen LogP contribution is 2.29. The van der Waals surface area contributed by atoms with Gasteiger partial charge in [0.2, 0.25) is 0 Å². The average Bonchev–Trinajstić information content (AvgIpc) is 2.93. The maximum atomic E-state index is 12.8. The van der Waals surface area contributed by atoms with Gasteiger partial charge in [-0.1, -0.05) is 6.07 Å². The van der Waals surface area contributed by atoms with Crippen molar-refractivity contribution in [3.05, 3.63) is 47.3 Å². The van der Waals surface area contributed by atoms with Crippen LogP contribution >= 0.6 is 0 Å². The number of nitriles is 1. The Morgan fingerprint density at radius 2 is 2.14 bits per heavy atom. The number of hydrogen-bond acceptors (Lipinski definition) is 3. The Labute approximate surface area is 124 Å². The third-order valence-electron chi connectivity index (χ3n) is 2.79. The number of carbonyl (C=O) groups is 1. The molecule has 0 bridgehead atoms. The Balaban J connectivity index is 2.59. The molecule has 0 saturated carbocycles. The Morgan fingerprint density at radius 3 is 2.73 bits per heavy atom. The number of amides is 1. The Morgan fingerprint density at radius 1 is 1.41 bits per heavy atom. The van der Waals surface area contributed by atoms with Crippen LogP contribution in [0.2, 0.25) is 0 Å². The molecule has 1 N–H and O–H groups in total. The number of nitrogens with zero attached hydrogens (tertiary/aromatic N) is 3. The summed E-state index contributed by atoms with van der Waals surface area (Å²) in [5, 5.41) is 14.8. The number of nitrogens with one attached hydrogen (secondary N) is 1. The molecular formula is C14H11F3N4O. The maximum absolute atomic E-state index is 12.8. The summed E-state index contributed by atoms with van der Waals surface area (Å²) in [5.74, 6) is -0.673. The molecule has 0 fully saturated rings. The fraction of sp³-hybridized carbons (Fsp3) is 0.214. The van der Waals surface area contributed by atoms with Crippen LogP contribution < -0.4 is 5.32 Å². The summed E-state index contributed by atoms with van der Waals surface area (Å²) in [4.78, 5) is 11.9. The summed E-state index contributed by atoms with van der Waals surface area (Å²) in [6, 6.07) is 8.40. The van der Waals surface area contributed by atoms with Gasteiger partial charge in [0, 0.05) is 12.6 Å². The van der Waals surface area contributed by atoms with Gasteiger partial charge in [0.25, 0.3) is 5.91 Å². The predicted octanol–water partition coefficient (Wildman–Crippen LogP) is 2.51. The molecule has 22 heavy (non-hydrogen) atoms. The van der Waals surface area contributed by atoms with E-state index in [1.165, 1.54) is 24.3 Å². The average molecular weight is 308 g/mol. The van der Waals surface area contributed by atoms with Crippen molar-refractivity contribution in [3.63, 3.8) is 0 Å². The fourth-order valence-corrected chi connectivity index (χ4v) is 1.84. The molecule has 2 aromatic rings. The number of hydrogen-bond donors (Lipinski definition) is 1. The van der Waals surface area contributed by atoms with E-state index < -0.39 is 17.8 Å². The van der Waals surface area contributed by atoms with Gasteiger partial charge in [0.1, 0.15) is 5.69 Å². The van der Waals surface area contributed by atoms with Gasteiger partial charge in [-0.05, 0) is 25.1 Å². The summed E-state index contributed by atoms with van der Waals surface area (Å²) in [7, 11) is 0. The van der Waals surface area contributed by atoms with Crippen LogP contribution in [0.3, 0.4) is 0 Å². The second-order valence-corrected chi connectivity index (χ2v) is 4.35. The Hall–Kier alpha value is -2.82. The summed E-state index contributed by atoms with van der Waals surface area (Å²) < 4.78 is 39.4. The van der Waals surface area contributed by atoms with Gasteiger partial charge in [-0.15, -0.1) is 0 Å². The molecule has 0 spiro atoms. The van der Waals surface area contributed by atoms with E-state index in [0.29, 0.717) is 6.07 Å². The fourth-order valence-electron chi connectivity index (χ4n) is 1.84. The first-order valence-corrected chi connectivity index (χ1v) is 6.32. The zero-order chi connectivity index (χ0) is 16.3. The molecule has 1 amide bonds. The molecule has 114 valence electrons. The number of rotatable bonds is 3. The SMILES string of the molecule is CCNC(=O)c1cc(C(F)(F)F)nn1-c1cccc(C#N)c1. The molecule has 5 nitrogen and oxygen atoms in total. The van der Waals surface area contributed by atoms with Crippen LogP contribution in [0.1, 0.15) is 28.7 Å². The topological polar surface area (TPSA) is 70.7 Å². The van der Waals surface area contributed by atoms with Crippen molar-refractivity contribution in [2.75, 3.05) is 6.54 Å². The minimum atomic E-state index is -4.67. The van der Waals surface area contributed by atoms with Crippen LogP contribution in [0.5, 0.6) is 0 Å². The van der Waals surface area contributed by atoms with Gasteiger partial charge in [0.05, 0.1) is 17.3 Å². The van der Waals surface area contributed by atoms with Crippen molar-refractivity contribution in [2.45, 2.75) is 13.1 Å². The molecule has 1 aromatic heterocycles. The highest BCUT2D eigenvalue weighted by atomic mass is 19.4. The molecule has 1 heterocycles. The van der Waals surface area contributed by atoms with Gasteiger partial charge in [-0.25, -0.2) is 4.68 Å². The first-order valence-electron chi connectivity index (χ1n) is 6.32. The molecular weight excluding hydrogens is 297 g/mol. The largest absolute Gasteiger partial charge is 0.435 e. The molecule has 0 saturated heterocycles. The molecule has 2 rings (SSSR count). The molecule has 0 unspecified atom stereocenters. The maximum Gasteiger partial charge on any atom is 0.435 e. The second-order valence-electron chi connectivity index (χ2n) is 4.35. The van der Waals surface area contributed by atoms with Crippen LogP contribution in [-0.4, -0.2) is 22.2 Å².